The van der Waals surface area contributed by atoms with E-state index in [-0.39, 0.29) is 18.5 Å². The summed E-state index contributed by atoms with van der Waals surface area (Å²) < 4.78 is 0. The first-order valence-electron chi connectivity index (χ1n) is 10.2. The minimum atomic E-state index is -0.760. The van der Waals surface area contributed by atoms with Gasteiger partial charge in [0, 0.05) is 18.6 Å². The summed E-state index contributed by atoms with van der Waals surface area (Å²) in [6, 6.07) is 8.80. The third-order valence-electron chi connectivity index (χ3n) is 5.55. The zero-order valence-corrected chi connectivity index (χ0v) is 16.5. The second kappa shape index (κ2) is 8.87. The van der Waals surface area contributed by atoms with E-state index in [1.807, 2.05) is 12.1 Å². The van der Waals surface area contributed by atoms with Gasteiger partial charge in [0.05, 0.1) is 13.0 Å². The minimum Gasteiger partial charge on any atom is -0.480 e. The standard InChI is InChI=1S/C22H32N2O3/c1-15(2)9-16-3-5-17(6-4-16)10-21(25)23-19-11-20(12-19)24(14-22(26)27)13-18-7-8-18/h3-6,15,18-20H,7-14H2,1-2H3,(H,23,25)(H,26,27). The summed E-state index contributed by atoms with van der Waals surface area (Å²) in [7, 11) is 0. The molecular formula is C22H32N2O3. The Bertz CT molecular complexity index is 646. The van der Waals surface area contributed by atoms with Crippen molar-refractivity contribution < 1.29 is 14.7 Å². The zero-order valence-electron chi connectivity index (χ0n) is 16.5. The van der Waals surface area contributed by atoms with E-state index < -0.39 is 5.97 Å². The van der Waals surface area contributed by atoms with Crippen LogP contribution < -0.4 is 5.32 Å². The van der Waals surface area contributed by atoms with Crippen LogP contribution in [0.5, 0.6) is 0 Å². The van der Waals surface area contributed by atoms with Crippen molar-refractivity contribution in [1.82, 2.24) is 10.2 Å². The quantitative estimate of drug-likeness (QED) is 0.663. The van der Waals surface area contributed by atoms with Crippen LogP contribution in [0.25, 0.3) is 0 Å². The third kappa shape index (κ3) is 6.35. The number of rotatable bonds is 10. The van der Waals surface area contributed by atoms with Gasteiger partial charge < -0.3 is 10.4 Å². The first-order valence-corrected chi connectivity index (χ1v) is 10.2. The highest BCUT2D eigenvalue weighted by Crippen LogP contribution is 2.33. The number of amides is 1. The van der Waals surface area contributed by atoms with Gasteiger partial charge in [-0.1, -0.05) is 38.1 Å². The molecule has 0 spiro atoms. The third-order valence-corrected chi connectivity index (χ3v) is 5.55. The molecule has 27 heavy (non-hydrogen) atoms. The molecule has 0 saturated heterocycles. The van der Waals surface area contributed by atoms with Crippen molar-refractivity contribution in [2.45, 2.75) is 64.5 Å². The number of aliphatic carboxylic acids is 1. The number of carbonyl (C=O) groups is 2. The smallest absolute Gasteiger partial charge is 0.317 e. The molecule has 3 rings (SSSR count). The molecule has 0 heterocycles. The Labute approximate surface area is 162 Å². The Morgan fingerprint density at radius 2 is 1.78 bits per heavy atom. The zero-order chi connectivity index (χ0) is 19.4. The summed E-state index contributed by atoms with van der Waals surface area (Å²) in [6.45, 7) is 5.41. The van der Waals surface area contributed by atoms with Crippen LogP contribution >= 0.6 is 0 Å². The topological polar surface area (TPSA) is 69.6 Å². The fourth-order valence-electron chi connectivity index (χ4n) is 3.88. The van der Waals surface area contributed by atoms with E-state index in [0.29, 0.717) is 24.3 Å². The SMILES string of the molecule is CC(C)Cc1ccc(CC(=O)NC2CC(N(CC(=O)O)CC3CC3)C2)cc1. The lowest BCUT2D eigenvalue weighted by Crippen LogP contribution is -2.55. The first kappa shape index (κ1) is 19.9. The van der Waals surface area contributed by atoms with Gasteiger partial charge in [0.1, 0.15) is 0 Å². The summed E-state index contributed by atoms with van der Waals surface area (Å²) in [5, 5.41) is 12.2. The molecule has 1 aromatic carbocycles. The predicted octanol–water partition coefficient (Wildman–Crippen LogP) is 2.87. The summed E-state index contributed by atoms with van der Waals surface area (Å²) in [4.78, 5) is 25.5. The van der Waals surface area contributed by atoms with E-state index >= 15 is 0 Å². The number of carbonyl (C=O) groups excluding carboxylic acids is 1. The molecule has 0 aromatic heterocycles. The maximum absolute atomic E-state index is 12.3. The van der Waals surface area contributed by atoms with Crippen molar-refractivity contribution in [1.29, 1.82) is 0 Å². The number of hydrogen-bond acceptors (Lipinski definition) is 3. The van der Waals surface area contributed by atoms with Crippen LogP contribution in [-0.4, -0.2) is 47.1 Å². The number of carboxylic acid groups (broad SMARTS) is 1. The number of carboxylic acids is 1. The van der Waals surface area contributed by atoms with E-state index in [2.05, 4.69) is 36.2 Å². The van der Waals surface area contributed by atoms with Crippen molar-refractivity contribution in [3.63, 3.8) is 0 Å². The predicted molar refractivity (Wildman–Crippen MR) is 106 cm³/mol. The molecule has 0 atom stereocenters. The number of benzene rings is 1. The fraction of sp³-hybridized carbons (Fsp3) is 0.636. The van der Waals surface area contributed by atoms with Crippen LogP contribution in [0.15, 0.2) is 24.3 Å². The van der Waals surface area contributed by atoms with Gasteiger partial charge in [-0.3, -0.25) is 14.5 Å². The Kier molecular flexibility index (Phi) is 6.53. The van der Waals surface area contributed by atoms with Gasteiger partial charge in [-0.2, -0.15) is 0 Å². The van der Waals surface area contributed by atoms with Crippen molar-refractivity contribution in [2.75, 3.05) is 13.1 Å². The molecule has 2 N–H and O–H groups in total. The lowest BCUT2D eigenvalue weighted by Gasteiger charge is -2.42. The Hall–Kier alpha value is -1.88. The van der Waals surface area contributed by atoms with Gasteiger partial charge in [-0.05, 0) is 55.1 Å². The highest BCUT2D eigenvalue weighted by atomic mass is 16.4. The van der Waals surface area contributed by atoms with E-state index in [9.17, 15) is 9.59 Å². The van der Waals surface area contributed by atoms with E-state index in [1.54, 1.807) is 0 Å². The highest BCUT2D eigenvalue weighted by molar-refractivity contribution is 5.79. The van der Waals surface area contributed by atoms with Gasteiger partial charge >= 0.3 is 5.97 Å². The number of nitrogens with one attached hydrogen (secondary N) is 1. The van der Waals surface area contributed by atoms with Gasteiger partial charge in [-0.25, -0.2) is 0 Å². The molecule has 5 nitrogen and oxygen atoms in total. The maximum Gasteiger partial charge on any atom is 0.317 e. The van der Waals surface area contributed by atoms with Crippen molar-refractivity contribution >= 4 is 11.9 Å². The Morgan fingerprint density at radius 1 is 1.15 bits per heavy atom. The van der Waals surface area contributed by atoms with E-state index in [1.165, 1.54) is 18.4 Å². The van der Waals surface area contributed by atoms with Crippen LogP contribution in [0.4, 0.5) is 0 Å². The molecule has 2 saturated carbocycles. The molecule has 0 unspecified atom stereocenters. The summed E-state index contributed by atoms with van der Waals surface area (Å²) in [5.74, 6) is 0.606. The van der Waals surface area contributed by atoms with Crippen molar-refractivity contribution in [2.24, 2.45) is 11.8 Å². The van der Waals surface area contributed by atoms with Crippen molar-refractivity contribution in [3.05, 3.63) is 35.4 Å². The summed E-state index contributed by atoms with van der Waals surface area (Å²) in [5.41, 5.74) is 2.35. The highest BCUT2D eigenvalue weighted by Gasteiger charge is 2.37. The van der Waals surface area contributed by atoms with E-state index in [4.69, 9.17) is 5.11 Å². The first-order chi connectivity index (χ1) is 12.9. The minimum absolute atomic E-state index is 0.0574. The van der Waals surface area contributed by atoms with Crippen molar-refractivity contribution in [3.8, 4) is 0 Å². The van der Waals surface area contributed by atoms with Gasteiger partial charge in [0.2, 0.25) is 5.91 Å². The average molecular weight is 373 g/mol. The van der Waals surface area contributed by atoms with Crippen LogP contribution in [0.2, 0.25) is 0 Å². The lowest BCUT2D eigenvalue weighted by atomic mass is 9.85. The maximum atomic E-state index is 12.3. The monoisotopic (exact) mass is 372 g/mol. The molecule has 148 valence electrons. The van der Waals surface area contributed by atoms with Gasteiger partial charge in [-0.15, -0.1) is 0 Å². The molecule has 2 fully saturated rings. The summed E-state index contributed by atoms with van der Waals surface area (Å²) >= 11 is 0. The molecule has 1 aromatic rings. The molecular weight excluding hydrogens is 340 g/mol. The molecule has 0 bridgehead atoms. The van der Waals surface area contributed by atoms with Gasteiger partial charge in [0.25, 0.3) is 0 Å². The molecule has 0 aliphatic heterocycles. The Morgan fingerprint density at radius 3 is 2.33 bits per heavy atom. The normalized spacial score (nSPS) is 21.9. The van der Waals surface area contributed by atoms with E-state index in [0.717, 1.165) is 31.4 Å². The van der Waals surface area contributed by atoms with Crippen LogP contribution in [-0.2, 0) is 22.4 Å². The second-order valence-corrected chi connectivity index (χ2v) is 8.75. The molecule has 1 amide bonds. The van der Waals surface area contributed by atoms with Gasteiger partial charge in [0.15, 0.2) is 0 Å². The molecule has 2 aliphatic rings. The largest absolute Gasteiger partial charge is 0.480 e. The molecule has 2 aliphatic carbocycles. The number of hydrogen-bond donors (Lipinski definition) is 2. The second-order valence-electron chi connectivity index (χ2n) is 8.75. The Balaban J connectivity index is 1.41. The average Bonchev–Trinajstić information content (AvgIpc) is 3.35. The van der Waals surface area contributed by atoms with Crippen LogP contribution in [0.3, 0.4) is 0 Å². The van der Waals surface area contributed by atoms with Crippen LogP contribution in [0, 0.1) is 11.8 Å². The number of nitrogens with zero attached hydrogens (tertiary/aromatic N) is 1. The van der Waals surface area contributed by atoms with Crippen LogP contribution in [0.1, 0.15) is 50.7 Å². The molecule has 5 heteroatoms. The lowest BCUT2D eigenvalue weighted by molar-refractivity contribution is -0.140. The summed E-state index contributed by atoms with van der Waals surface area (Å²) in [6.07, 6.45) is 5.63. The fourth-order valence-corrected chi connectivity index (χ4v) is 3.88. The molecule has 0 radical (unpaired) electrons.